The lowest BCUT2D eigenvalue weighted by molar-refractivity contribution is 0.0981. The fourth-order valence-corrected chi connectivity index (χ4v) is 5.55. The summed E-state index contributed by atoms with van der Waals surface area (Å²) < 4.78 is 28.0. The van der Waals surface area contributed by atoms with Crippen molar-refractivity contribution in [3.8, 4) is 11.1 Å². The summed E-state index contributed by atoms with van der Waals surface area (Å²) in [5, 5.41) is 0.219. The van der Waals surface area contributed by atoms with Gasteiger partial charge in [-0.15, -0.1) is 0 Å². The summed E-state index contributed by atoms with van der Waals surface area (Å²) in [4.78, 5) is 24.0. The predicted octanol–water partition coefficient (Wildman–Crippen LogP) is 4.43. The van der Waals surface area contributed by atoms with E-state index in [0.717, 1.165) is 17.5 Å². The summed E-state index contributed by atoms with van der Waals surface area (Å²) in [5.41, 5.74) is 7.89. The number of halogens is 1. The number of sulfonamides is 1. The highest BCUT2D eigenvalue weighted by atomic mass is 35.5. The second-order valence-electron chi connectivity index (χ2n) is 9.44. The van der Waals surface area contributed by atoms with Gasteiger partial charge in [0.25, 0.3) is 15.9 Å². The number of anilines is 2. The standard InChI is InChI=1S/C25H28ClN5O3S/c1-15-10-17(12-19(26)11-15)18-13-20(23(28-14-18)31-9-8-16(2)25(31,3)4)24(32)30-35(33,34)22-7-5-6-21(27)29-22/h5-7,10-14,16H,8-9H2,1-4H3,(H2,27,29)(H,30,32). The average Bonchev–Trinajstić information content (AvgIpc) is 3.04. The highest BCUT2D eigenvalue weighted by Gasteiger charge is 2.41. The van der Waals surface area contributed by atoms with Crippen LogP contribution in [-0.4, -0.2) is 36.4 Å². The first-order chi connectivity index (χ1) is 16.4. The number of pyridine rings is 2. The number of nitrogens with two attached hydrogens (primary N) is 1. The second kappa shape index (κ2) is 9.13. The predicted molar refractivity (Wildman–Crippen MR) is 138 cm³/mol. The van der Waals surface area contributed by atoms with Crippen LogP contribution in [-0.2, 0) is 10.0 Å². The molecule has 1 fully saturated rings. The summed E-state index contributed by atoms with van der Waals surface area (Å²) in [7, 11) is -4.26. The van der Waals surface area contributed by atoms with Crippen LogP contribution in [0.1, 0.15) is 43.1 Å². The summed E-state index contributed by atoms with van der Waals surface area (Å²) in [5.74, 6) is 0.0206. The highest BCUT2D eigenvalue weighted by molar-refractivity contribution is 7.90. The molecule has 4 rings (SSSR count). The largest absolute Gasteiger partial charge is 0.384 e. The van der Waals surface area contributed by atoms with Crippen LogP contribution in [0.25, 0.3) is 11.1 Å². The van der Waals surface area contributed by atoms with Gasteiger partial charge < -0.3 is 10.6 Å². The van der Waals surface area contributed by atoms with Crippen molar-refractivity contribution in [2.24, 2.45) is 5.92 Å². The zero-order valence-corrected chi connectivity index (χ0v) is 21.6. The fourth-order valence-electron chi connectivity index (χ4n) is 4.32. The maximum Gasteiger partial charge on any atom is 0.281 e. The van der Waals surface area contributed by atoms with Gasteiger partial charge in [0.2, 0.25) is 0 Å². The SMILES string of the molecule is Cc1cc(Cl)cc(-c2cnc(N3CCC(C)C3(C)C)c(C(=O)NS(=O)(=O)c3cccc(N)n3)c2)c1. The van der Waals surface area contributed by atoms with Crippen LogP contribution in [0.2, 0.25) is 5.02 Å². The van der Waals surface area contributed by atoms with Gasteiger partial charge in [-0.25, -0.2) is 14.7 Å². The molecule has 0 bridgehead atoms. The Morgan fingerprint density at radius 2 is 1.94 bits per heavy atom. The van der Waals surface area contributed by atoms with E-state index >= 15 is 0 Å². The van der Waals surface area contributed by atoms with Gasteiger partial charge in [-0.1, -0.05) is 30.7 Å². The van der Waals surface area contributed by atoms with Crippen molar-refractivity contribution >= 4 is 39.2 Å². The maximum atomic E-state index is 13.5. The number of benzene rings is 1. The molecule has 0 radical (unpaired) electrons. The van der Waals surface area contributed by atoms with E-state index in [4.69, 9.17) is 17.3 Å². The van der Waals surface area contributed by atoms with Crippen LogP contribution in [0.5, 0.6) is 0 Å². The van der Waals surface area contributed by atoms with Crippen molar-refractivity contribution in [2.45, 2.75) is 44.7 Å². The van der Waals surface area contributed by atoms with E-state index in [1.807, 2.05) is 19.1 Å². The number of hydrogen-bond donors (Lipinski definition) is 2. The molecule has 1 atom stereocenters. The minimum atomic E-state index is -4.26. The number of aryl methyl sites for hydroxylation is 1. The molecule has 1 unspecified atom stereocenters. The zero-order chi connectivity index (χ0) is 25.5. The minimum absolute atomic E-state index is 0.0359. The van der Waals surface area contributed by atoms with Crippen LogP contribution in [0.15, 0.2) is 53.7 Å². The molecule has 1 saturated heterocycles. The van der Waals surface area contributed by atoms with Gasteiger partial charge in [-0.05, 0) is 74.6 Å². The van der Waals surface area contributed by atoms with Crippen molar-refractivity contribution in [1.29, 1.82) is 0 Å². The van der Waals surface area contributed by atoms with Crippen LogP contribution >= 0.6 is 11.6 Å². The highest BCUT2D eigenvalue weighted by Crippen LogP contribution is 2.39. The molecular formula is C25H28ClN5O3S. The van der Waals surface area contributed by atoms with Crippen molar-refractivity contribution in [1.82, 2.24) is 14.7 Å². The minimum Gasteiger partial charge on any atom is -0.384 e. The summed E-state index contributed by atoms with van der Waals surface area (Å²) in [6.45, 7) is 8.95. The Labute approximate surface area is 210 Å². The normalized spacial score (nSPS) is 17.4. The molecule has 1 amide bonds. The molecule has 1 aliphatic heterocycles. The maximum absolute atomic E-state index is 13.5. The molecule has 3 N–H and O–H groups in total. The van der Waals surface area contributed by atoms with Gasteiger partial charge in [0, 0.05) is 28.9 Å². The molecule has 3 heterocycles. The second-order valence-corrected chi connectivity index (χ2v) is 11.5. The smallest absolute Gasteiger partial charge is 0.281 e. The topological polar surface area (TPSA) is 118 Å². The number of rotatable bonds is 5. The number of nitrogens with one attached hydrogen (secondary N) is 1. The molecule has 8 nitrogen and oxygen atoms in total. The average molecular weight is 514 g/mol. The Hall–Kier alpha value is -3.17. The molecule has 0 saturated carbocycles. The third kappa shape index (κ3) is 4.97. The van der Waals surface area contributed by atoms with Crippen molar-refractivity contribution < 1.29 is 13.2 Å². The van der Waals surface area contributed by atoms with Gasteiger partial charge in [-0.2, -0.15) is 8.42 Å². The molecule has 1 aliphatic rings. The first-order valence-corrected chi connectivity index (χ1v) is 13.1. The van der Waals surface area contributed by atoms with Crippen molar-refractivity contribution in [2.75, 3.05) is 17.2 Å². The van der Waals surface area contributed by atoms with E-state index in [0.29, 0.717) is 28.9 Å². The Bertz CT molecular complexity index is 1390. The van der Waals surface area contributed by atoms with Gasteiger partial charge in [0.05, 0.1) is 5.56 Å². The van der Waals surface area contributed by atoms with Crippen LogP contribution < -0.4 is 15.4 Å². The number of carbonyl (C=O) groups is 1. The van der Waals surface area contributed by atoms with Gasteiger partial charge in [-0.3, -0.25) is 4.79 Å². The Kier molecular flexibility index (Phi) is 6.50. The number of hydrogen-bond acceptors (Lipinski definition) is 7. The quantitative estimate of drug-likeness (QED) is 0.518. The van der Waals surface area contributed by atoms with E-state index in [-0.39, 0.29) is 21.9 Å². The van der Waals surface area contributed by atoms with E-state index in [1.165, 1.54) is 18.2 Å². The fraction of sp³-hybridized carbons (Fsp3) is 0.320. The molecule has 0 aliphatic carbocycles. The van der Waals surface area contributed by atoms with E-state index in [9.17, 15) is 13.2 Å². The van der Waals surface area contributed by atoms with E-state index in [1.54, 1.807) is 18.3 Å². The molecular weight excluding hydrogens is 486 g/mol. The Balaban J connectivity index is 1.81. The van der Waals surface area contributed by atoms with E-state index < -0.39 is 15.9 Å². The van der Waals surface area contributed by atoms with Crippen LogP contribution in [0.4, 0.5) is 11.6 Å². The molecule has 3 aromatic rings. The molecule has 10 heteroatoms. The van der Waals surface area contributed by atoms with E-state index in [2.05, 4.69) is 40.4 Å². The lowest BCUT2D eigenvalue weighted by Gasteiger charge is -2.36. The first kappa shape index (κ1) is 24.9. The third-order valence-corrected chi connectivity index (χ3v) is 8.13. The molecule has 1 aromatic carbocycles. The Morgan fingerprint density at radius 1 is 1.20 bits per heavy atom. The molecule has 35 heavy (non-hydrogen) atoms. The number of nitrogens with zero attached hydrogens (tertiary/aromatic N) is 3. The molecule has 184 valence electrons. The third-order valence-electron chi connectivity index (χ3n) is 6.68. The lowest BCUT2D eigenvalue weighted by Crippen LogP contribution is -2.43. The van der Waals surface area contributed by atoms with Crippen molar-refractivity contribution in [3.05, 3.63) is 64.8 Å². The summed E-state index contributed by atoms with van der Waals surface area (Å²) >= 11 is 6.25. The zero-order valence-electron chi connectivity index (χ0n) is 20.0. The van der Waals surface area contributed by atoms with Gasteiger partial charge in [0.1, 0.15) is 11.6 Å². The molecule has 0 spiro atoms. The summed E-state index contributed by atoms with van der Waals surface area (Å²) in [6.07, 6.45) is 2.61. The number of amides is 1. The number of carbonyl (C=O) groups excluding carboxylic acids is 1. The van der Waals surface area contributed by atoms with Crippen LogP contribution in [0, 0.1) is 12.8 Å². The van der Waals surface area contributed by atoms with Gasteiger partial charge in [0.15, 0.2) is 5.03 Å². The lowest BCUT2D eigenvalue weighted by atomic mass is 9.90. The first-order valence-electron chi connectivity index (χ1n) is 11.2. The van der Waals surface area contributed by atoms with Gasteiger partial charge >= 0.3 is 0 Å². The molecule has 2 aromatic heterocycles. The van der Waals surface area contributed by atoms with Crippen molar-refractivity contribution in [3.63, 3.8) is 0 Å². The monoisotopic (exact) mass is 513 g/mol. The number of aromatic nitrogens is 2. The number of nitrogen functional groups attached to an aromatic ring is 1. The summed E-state index contributed by atoms with van der Waals surface area (Å²) in [6, 6.07) is 11.4. The Morgan fingerprint density at radius 3 is 2.57 bits per heavy atom. The van der Waals surface area contributed by atoms with Crippen LogP contribution in [0.3, 0.4) is 0 Å².